The lowest BCUT2D eigenvalue weighted by atomic mass is 10.1. The molecule has 0 aromatic heterocycles. The predicted octanol–water partition coefficient (Wildman–Crippen LogP) is 2.84. The Hall–Kier alpha value is -2.91. The van der Waals surface area contributed by atoms with Crippen molar-refractivity contribution in [2.75, 3.05) is 23.8 Å². The van der Waals surface area contributed by atoms with E-state index >= 15 is 0 Å². The van der Waals surface area contributed by atoms with Gasteiger partial charge in [-0.05, 0) is 57.4 Å². The largest absolute Gasteiger partial charge is 0.479 e. The van der Waals surface area contributed by atoms with Crippen LogP contribution >= 0.6 is 0 Å². The zero-order chi connectivity index (χ0) is 23.2. The summed E-state index contributed by atoms with van der Waals surface area (Å²) < 4.78 is 34.1. The molecule has 0 saturated carbocycles. The van der Waals surface area contributed by atoms with Gasteiger partial charge in [0.2, 0.25) is 15.9 Å². The SMILES string of the molecule is Cc1ccc(N(C)C(=O)[C@@H]2CCCN2S(=O)(=O)c2cc3c(cc2C)NC(=O)[C@@H](C)O3)cc1. The Kier molecular flexibility index (Phi) is 5.72. The Labute approximate surface area is 188 Å². The van der Waals surface area contributed by atoms with Crippen LogP contribution in [-0.4, -0.2) is 50.3 Å². The third-order valence-electron chi connectivity index (χ3n) is 6.04. The molecule has 2 atom stereocenters. The third kappa shape index (κ3) is 3.86. The highest BCUT2D eigenvalue weighted by molar-refractivity contribution is 7.89. The van der Waals surface area contributed by atoms with Crippen molar-refractivity contribution in [1.29, 1.82) is 0 Å². The van der Waals surface area contributed by atoms with Crippen LogP contribution in [0.4, 0.5) is 11.4 Å². The average molecular weight is 458 g/mol. The smallest absolute Gasteiger partial charge is 0.265 e. The van der Waals surface area contributed by atoms with E-state index in [4.69, 9.17) is 4.74 Å². The first-order valence-electron chi connectivity index (χ1n) is 10.6. The van der Waals surface area contributed by atoms with Gasteiger partial charge in [-0.25, -0.2) is 8.42 Å². The summed E-state index contributed by atoms with van der Waals surface area (Å²) in [5, 5.41) is 2.73. The van der Waals surface area contributed by atoms with Crippen LogP contribution in [0.2, 0.25) is 0 Å². The number of nitrogens with zero attached hydrogens (tertiary/aromatic N) is 2. The van der Waals surface area contributed by atoms with Gasteiger partial charge in [-0.15, -0.1) is 0 Å². The minimum Gasteiger partial charge on any atom is -0.479 e. The Morgan fingerprint density at radius 1 is 1.19 bits per heavy atom. The molecular formula is C23H27N3O5S. The van der Waals surface area contributed by atoms with Crippen LogP contribution in [0.15, 0.2) is 41.3 Å². The zero-order valence-corrected chi connectivity index (χ0v) is 19.4. The molecule has 2 amide bonds. The predicted molar refractivity (Wildman–Crippen MR) is 121 cm³/mol. The van der Waals surface area contributed by atoms with E-state index in [2.05, 4.69) is 5.32 Å². The second-order valence-electron chi connectivity index (χ2n) is 8.37. The van der Waals surface area contributed by atoms with Crippen molar-refractivity contribution in [1.82, 2.24) is 4.31 Å². The molecule has 4 rings (SSSR count). The van der Waals surface area contributed by atoms with E-state index in [-0.39, 0.29) is 23.3 Å². The summed E-state index contributed by atoms with van der Waals surface area (Å²) in [7, 11) is -2.29. The van der Waals surface area contributed by atoms with Crippen LogP contribution in [0.3, 0.4) is 0 Å². The summed E-state index contributed by atoms with van der Waals surface area (Å²) in [6.07, 6.45) is 0.345. The van der Waals surface area contributed by atoms with Crippen molar-refractivity contribution in [2.45, 2.75) is 50.7 Å². The van der Waals surface area contributed by atoms with Gasteiger partial charge in [0.1, 0.15) is 11.8 Å². The maximum absolute atomic E-state index is 13.6. The molecule has 0 unspecified atom stereocenters. The zero-order valence-electron chi connectivity index (χ0n) is 18.6. The number of benzene rings is 2. The molecule has 0 aliphatic carbocycles. The molecule has 1 saturated heterocycles. The molecule has 170 valence electrons. The lowest BCUT2D eigenvalue weighted by molar-refractivity contribution is -0.123. The van der Waals surface area contributed by atoms with Gasteiger partial charge in [-0.2, -0.15) is 4.31 Å². The van der Waals surface area contributed by atoms with E-state index in [1.807, 2.05) is 31.2 Å². The van der Waals surface area contributed by atoms with Crippen LogP contribution < -0.4 is 15.0 Å². The van der Waals surface area contributed by atoms with E-state index in [9.17, 15) is 18.0 Å². The topological polar surface area (TPSA) is 96.0 Å². The van der Waals surface area contributed by atoms with Crippen LogP contribution in [0.5, 0.6) is 5.75 Å². The minimum atomic E-state index is -3.96. The Bertz CT molecular complexity index is 1180. The number of carbonyl (C=O) groups is 2. The van der Waals surface area contributed by atoms with Crippen LogP contribution in [0, 0.1) is 13.8 Å². The number of anilines is 2. The van der Waals surface area contributed by atoms with Gasteiger partial charge in [-0.3, -0.25) is 9.59 Å². The summed E-state index contributed by atoms with van der Waals surface area (Å²) in [5.41, 5.74) is 2.72. The fourth-order valence-corrected chi connectivity index (χ4v) is 6.02. The number of ether oxygens (including phenoxy) is 1. The second-order valence-corrected chi connectivity index (χ2v) is 10.2. The standard InChI is InChI=1S/C23H27N3O5S/c1-14-7-9-17(10-8-14)25(4)23(28)19-6-5-11-26(19)32(29,30)21-13-20-18(12-15(21)2)24-22(27)16(3)31-20/h7-10,12-13,16,19H,5-6,11H2,1-4H3,(H,24,27)/t16-,19+/m1/s1. The lowest BCUT2D eigenvalue weighted by Crippen LogP contribution is -2.46. The quantitative estimate of drug-likeness (QED) is 0.762. The van der Waals surface area contributed by atoms with Crippen LogP contribution in [0.25, 0.3) is 0 Å². The van der Waals surface area contributed by atoms with Gasteiger partial charge in [0, 0.05) is 25.3 Å². The number of hydrogen-bond donors (Lipinski definition) is 1. The highest BCUT2D eigenvalue weighted by Gasteiger charge is 2.42. The third-order valence-corrected chi connectivity index (χ3v) is 8.09. The Morgan fingerprint density at radius 3 is 2.56 bits per heavy atom. The second kappa shape index (κ2) is 8.22. The molecule has 2 aliphatic heterocycles. The lowest BCUT2D eigenvalue weighted by Gasteiger charge is -2.29. The number of hydrogen-bond acceptors (Lipinski definition) is 5. The molecule has 8 nitrogen and oxygen atoms in total. The Morgan fingerprint density at radius 2 is 1.88 bits per heavy atom. The molecule has 0 spiro atoms. The first kappa shape index (κ1) is 22.3. The number of aryl methyl sites for hydroxylation is 2. The van der Waals surface area contributed by atoms with E-state index in [0.717, 1.165) is 5.56 Å². The van der Waals surface area contributed by atoms with Crippen LogP contribution in [0.1, 0.15) is 30.9 Å². The average Bonchev–Trinajstić information content (AvgIpc) is 3.25. The van der Waals surface area contributed by atoms with Gasteiger partial charge in [0.15, 0.2) is 6.10 Å². The molecule has 2 aliphatic rings. The molecular weight excluding hydrogens is 430 g/mol. The van der Waals surface area contributed by atoms with Crippen molar-refractivity contribution in [3.05, 3.63) is 47.5 Å². The van der Waals surface area contributed by atoms with Gasteiger partial charge in [0.25, 0.3) is 5.91 Å². The maximum atomic E-state index is 13.6. The van der Waals surface area contributed by atoms with E-state index in [0.29, 0.717) is 35.5 Å². The number of sulfonamides is 1. The van der Waals surface area contributed by atoms with E-state index in [1.165, 1.54) is 15.3 Å². The Balaban J connectivity index is 1.65. The van der Waals surface area contributed by atoms with Gasteiger partial charge in [-0.1, -0.05) is 17.7 Å². The van der Waals surface area contributed by atoms with Crippen LogP contribution in [-0.2, 0) is 19.6 Å². The van der Waals surface area contributed by atoms with Crippen molar-refractivity contribution in [3.8, 4) is 5.75 Å². The van der Waals surface area contributed by atoms with Crippen molar-refractivity contribution < 1.29 is 22.7 Å². The highest BCUT2D eigenvalue weighted by atomic mass is 32.2. The molecule has 2 aromatic rings. The van der Waals surface area contributed by atoms with Gasteiger partial charge >= 0.3 is 0 Å². The first-order chi connectivity index (χ1) is 15.1. The van der Waals surface area contributed by atoms with Crippen molar-refractivity contribution in [2.24, 2.45) is 0 Å². The molecule has 1 N–H and O–H groups in total. The number of fused-ring (bicyclic) bond motifs is 1. The number of rotatable bonds is 4. The minimum absolute atomic E-state index is 0.0808. The fourth-order valence-electron chi connectivity index (χ4n) is 4.14. The summed E-state index contributed by atoms with van der Waals surface area (Å²) in [6, 6.07) is 9.79. The summed E-state index contributed by atoms with van der Waals surface area (Å²) in [6.45, 7) is 5.50. The molecule has 32 heavy (non-hydrogen) atoms. The molecule has 1 fully saturated rings. The normalized spacial score (nSPS) is 20.9. The first-order valence-corrected chi connectivity index (χ1v) is 12.0. The summed E-state index contributed by atoms with van der Waals surface area (Å²) in [5.74, 6) is -0.236. The van der Waals surface area contributed by atoms with E-state index in [1.54, 1.807) is 27.0 Å². The number of nitrogens with one attached hydrogen (secondary N) is 1. The molecule has 0 radical (unpaired) electrons. The van der Waals surface area contributed by atoms with E-state index < -0.39 is 22.2 Å². The maximum Gasteiger partial charge on any atom is 0.265 e. The number of carbonyl (C=O) groups excluding carboxylic acids is 2. The molecule has 2 aromatic carbocycles. The number of likely N-dealkylation sites (N-methyl/N-ethyl adjacent to an activating group) is 1. The molecule has 0 bridgehead atoms. The highest BCUT2D eigenvalue weighted by Crippen LogP contribution is 2.37. The fraction of sp³-hybridized carbons (Fsp3) is 0.391. The van der Waals surface area contributed by atoms with Crippen molar-refractivity contribution >= 4 is 33.2 Å². The monoisotopic (exact) mass is 457 g/mol. The number of amides is 2. The summed E-state index contributed by atoms with van der Waals surface area (Å²) in [4.78, 5) is 26.7. The van der Waals surface area contributed by atoms with Crippen molar-refractivity contribution in [3.63, 3.8) is 0 Å². The molecule has 9 heteroatoms. The van der Waals surface area contributed by atoms with Gasteiger partial charge in [0.05, 0.1) is 10.6 Å². The summed E-state index contributed by atoms with van der Waals surface area (Å²) >= 11 is 0. The van der Waals surface area contributed by atoms with Gasteiger partial charge < -0.3 is 15.0 Å². The molecule has 2 heterocycles.